The summed E-state index contributed by atoms with van der Waals surface area (Å²) in [4.78, 5) is 49.3. The molecule has 2 unspecified atom stereocenters. The van der Waals surface area contributed by atoms with Gasteiger partial charge in [0.25, 0.3) is 0 Å². The number of nitrogens with zero attached hydrogens (tertiary/aromatic N) is 3. The van der Waals surface area contributed by atoms with Gasteiger partial charge in [0.15, 0.2) is 46.0 Å². The van der Waals surface area contributed by atoms with Crippen molar-refractivity contribution in [3.63, 3.8) is 0 Å². The number of ether oxygens (including phenoxy) is 16. The number of methoxy groups -OCH3 is 8. The van der Waals surface area contributed by atoms with Crippen LogP contribution in [0.5, 0.6) is 46.0 Å². The van der Waals surface area contributed by atoms with E-state index in [1.54, 1.807) is 62.9 Å². The third-order valence-electron chi connectivity index (χ3n) is 15.3. The van der Waals surface area contributed by atoms with Gasteiger partial charge in [0.2, 0.25) is 0 Å². The van der Waals surface area contributed by atoms with Gasteiger partial charge in [-0.05, 0) is 149 Å². The summed E-state index contributed by atoms with van der Waals surface area (Å²) in [6, 6.07) is 28.5. The van der Waals surface area contributed by atoms with E-state index in [2.05, 4.69) is 65.2 Å². The van der Waals surface area contributed by atoms with Crippen LogP contribution >= 0.6 is 0 Å². The zero-order valence-electron chi connectivity index (χ0n) is 65.6. The fourth-order valence-electron chi connectivity index (χ4n) is 9.69. The Morgan fingerprint density at radius 1 is 0.486 bits per heavy atom. The van der Waals surface area contributed by atoms with Crippen molar-refractivity contribution in [3.8, 4) is 58.1 Å². The van der Waals surface area contributed by atoms with Gasteiger partial charge in [0.05, 0.1) is 131 Å². The molecule has 0 aliphatic rings. The zero-order valence-corrected chi connectivity index (χ0v) is 67.6. The monoisotopic (exact) mass is 1490 g/mol. The van der Waals surface area contributed by atoms with Crippen LogP contribution in [0.25, 0.3) is 0 Å². The van der Waals surface area contributed by atoms with Crippen molar-refractivity contribution in [1.82, 2.24) is 10.2 Å². The van der Waals surface area contributed by atoms with E-state index in [0.29, 0.717) is 153 Å². The number of hydrogen-bond donors (Lipinski definition) is 1. The number of hydrogen-bond acceptors (Lipinski definition) is 27. The number of carboxylic acids is 1. The molecular weight excluding hydrogens is 1370 g/mol. The predicted octanol–water partition coefficient (Wildman–Crippen LogP) is 5.20. The number of carbonyl (C=O) groups excluding carboxylic acids is 4. The molecule has 29 heteroatoms. The van der Waals surface area contributed by atoms with Crippen molar-refractivity contribution >= 4 is 32.6 Å². The summed E-state index contributed by atoms with van der Waals surface area (Å²) in [7, 11) is 17.1. The molecule has 0 aliphatic heterocycles. The molecule has 4 rings (SSSR count). The Balaban J connectivity index is -0.00000157. The smallest absolute Gasteiger partial charge is 0.550 e. The van der Waals surface area contributed by atoms with Crippen molar-refractivity contribution in [3.05, 3.63) is 95.1 Å². The summed E-state index contributed by atoms with van der Waals surface area (Å²) in [6.07, 6.45) is 5.11. The van der Waals surface area contributed by atoms with Crippen LogP contribution in [-0.2, 0) is 90.5 Å². The quantitative estimate of drug-likeness (QED) is 0.0195. The van der Waals surface area contributed by atoms with Crippen LogP contribution < -0.4 is 77.9 Å². The summed E-state index contributed by atoms with van der Waals surface area (Å²) in [5, 5.41) is 32.3. The molecule has 583 valence electrons. The molecule has 0 saturated carbocycles. The maximum atomic E-state index is 10.8. The van der Waals surface area contributed by atoms with Gasteiger partial charge in [-0.2, -0.15) is 10.5 Å². The fourth-order valence-corrected chi connectivity index (χ4v) is 9.69. The zero-order chi connectivity index (χ0) is 77.1. The first kappa shape index (κ1) is 102. The molecule has 27 nitrogen and oxygen atoms in total. The molecule has 0 saturated heterocycles. The first-order chi connectivity index (χ1) is 49.6. The largest absolute Gasteiger partial charge is 1.00 e. The molecule has 4 aromatic carbocycles. The van der Waals surface area contributed by atoms with Crippen molar-refractivity contribution in [2.45, 2.75) is 97.8 Å². The summed E-state index contributed by atoms with van der Waals surface area (Å²) < 4.78 is 86.8. The first-order valence-electron chi connectivity index (χ1n) is 34.2. The Hall–Kier alpha value is -7.00. The van der Waals surface area contributed by atoms with Crippen molar-refractivity contribution in [1.29, 1.82) is 10.5 Å². The average Bonchev–Trinajstić information content (AvgIpc) is 0.797. The number of rotatable bonds is 49. The van der Waals surface area contributed by atoms with E-state index in [0.717, 1.165) is 101 Å². The Labute approximate surface area is 648 Å². The van der Waals surface area contributed by atoms with Crippen molar-refractivity contribution in [2.24, 2.45) is 11.8 Å². The van der Waals surface area contributed by atoms with Crippen LogP contribution in [0.4, 0.5) is 0 Å². The molecule has 0 spiro atoms. The summed E-state index contributed by atoms with van der Waals surface area (Å²) in [6.45, 7) is 22.1. The molecule has 3 radical (unpaired) electrons. The molecule has 0 amide bonds. The Bertz CT molecular complexity index is 2990. The molecule has 1 N–H and O–H groups in total. The molecule has 2 atom stereocenters. The van der Waals surface area contributed by atoms with E-state index in [4.69, 9.17) is 85.7 Å². The third kappa shape index (κ3) is 44.0. The summed E-state index contributed by atoms with van der Waals surface area (Å²) in [5.74, 6) is 3.15. The molecule has 0 aromatic heterocycles. The molecular formula is C76H117BN4NaO23. The number of carbonyl (C=O) groups is 4. The topological polar surface area (TPSA) is 320 Å². The maximum absolute atomic E-state index is 10.8. The van der Waals surface area contributed by atoms with E-state index in [-0.39, 0.29) is 49.8 Å². The predicted molar refractivity (Wildman–Crippen MR) is 392 cm³/mol. The number of nitriles is 2. The minimum absolute atomic E-state index is 0. The number of carboxylic acid groups (broad SMARTS) is 1. The van der Waals surface area contributed by atoms with Gasteiger partial charge in [-0.25, -0.2) is 19.4 Å². The van der Waals surface area contributed by atoms with Gasteiger partial charge in [0, 0.05) is 69.6 Å². The first-order valence-corrected chi connectivity index (χ1v) is 34.2. The van der Waals surface area contributed by atoms with E-state index in [1.165, 1.54) is 5.56 Å². The van der Waals surface area contributed by atoms with Crippen LogP contribution in [0.15, 0.2) is 72.8 Å². The number of aldehydes is 1. The third-order valence-corrected chi connectivity index (χ3v) is 15.3. The number of nitrogens with one attached hydrogen (secondary N) is 1. The van der Waals surface area contributed by atoms with Crippen LogP contribution in [0, 0.1) is 34.5 Å². The van der Waals surface area contributed by atoms with Gasteiger partial charge < -0.3 is 101 Å². The molecule has 0 heterocycles. The Morgan fingerprint density at radius 2 is 0.800 bits per heavy atom. The van der Waals surface area contributed by atoms with E-state index in [9.17, 15) is 24.9 Å². The summed E-state index contributed by atoms with van der Waals surface area (Å²) in [5.41, 5.74) is 2.79. The number of benzene rings is 4. The second-order valence-electron chi connectivity index (χ2n) is 23.3. The maximum Gasteiger partial charge on any atom is 1.00 e. The van der Waals surface area contributed by atoms with Gasteiger partial charge in [-0.1, -0.05) is 52.0 Å². The van der Waals surface area contributed by atoms with Crippen LogP contribution in [-0.4, -0.2) is 234 Å². The Kier molecular flexibility index (Phi) is 62.5. The van der Waals surface area contributed by atoms with E-state index in [1.807, 2.05) is 75.5 Å². The van der Waals surface area contributed by atoms with E-state index < -0.39 is 28.7 Å². The van der Waals surface area contributed by atoms with Gasteiger partial charge in [-0.15, -0.1) is 0 Å². The van der Waals surface area contributed by atoms with E-state index >= 15 is 0 Å². The number of likely N-dealkylation sites (N-methyl/N-ethyl adjacent to an activating group) is 2. The SMILES string of the molecule is CC(=O)OOC(C)=O.CC(=O)[O-].CNCCc1ccc(OCCOC)c(OC)c1.COCCOCCOCCOc1ccc(CCN(C)CCCC(C#N)(c2ccc(OCCOCCOCCOC)c(OC)c2)C(C)C)cc1OC.COCCOc1ccc(C(C#N)(CCC=O)C(C)C)cc1OC.[B].[Na+]. The second kappa shape index (κ2) is 64.2. The fraction of sp³-hybridized carbons (Fsp3) is 0.605. The molecule has 0 bridgehead atoms. The minimum Gasteiger partial charge on any atom is -0.550 e. The van der Waals surface area contributed by atoms with Crippen molar-refractivity contribution in [2.75, 3.05) is 196 Å². The van der Waals surface area contributed by atoms with Crippen LogP contribution in [0.1, 0.15) is 96.4 Å². The second-order valence-corrected chi connectivity index (χ2v) is 23.3. The van der Waals surface area contributed by atoms with Gasteiger partial charge in [-0.3, -0.25) is 0 Å². The van der Waals surface area contributed by atoms with Gasteiger partial charge in [0.1, 0.15) is 32.7 Å². The van der Waals surface area contributed by atoms with Crippen molar-refractivity contribution < 1.29 is 139 Å². The molecule has 0 fully saturated rings. The minimum atomic E-state index is -1.08. The average molecular weight is 1490 g/mol. The number of aliphatic carboxylic acids is 1. The molecule has 0 aliphatic carbocycles. The molecule has 105 heavy (non-hydrogen) atoms. The van der Waals surface area contributed by atoms with Crippen LogP contribution in [0.3, 0.4) is 0 Å². The van der Waals surface area contributed by atoms with Crippen LogP contribution in [0.2, 0.25) is 0 Å². The molecule has 4 aromatic rings. The normalized spacial score (nSPS) is 11.5. The summed E-state index contributed by atoms with van der Waals surface area (Å²) >= 11 is 0. The Morgan fingerprint density at radius 3 is 1.12 bits per heavy atom. The standard InChI is InChI=1S/C39H62N2O10.C18H25NO4.C13H21NO3.C4H6O4.C2H4O2.B.Na/c1-32(2)39(31-40,34-10-12-36(38(30-34)45-7)51-28-26-49-24-22-47-20-18-43-5)14-8-15-41(3)16-13-33-9-11-35(37(29-33)44-6)50-27-25-48-23-21-46-19-17-42-4;1-14(2)18(13-19,8-5-9-20)15-6-7-16(17(12-15)22-4)23-11-10-21-3;1-14-7-6-11-4-5-12(13(10-11)16-3)17-9-8-15-2;1-3(5)7-8-4(2)6;1-2(3)4;;/h9-12,29-30,32H,8,13-28H2,1-7H3;6-7,9,12,14H,5,8,10-11H2,1-4H3;4-5,10,14H,6-9H2,1-3H3;1-2H3;1H3,(H,3,4);;/q;;;;;;+1/p-1. The van der Waals surface area contributed by atoms with Gasteiger partial charge >= 0.3 is 41.5 Å².